The van der Waals surface area contributed by atoms with Crippen molar-refractivity contribution in [1.29, 1.82) is 0 Å². The average molecular weight is 434 g/mol. The predicted octanol–water partition coefficient (Wildman–Crippen LogP) is 3.60. The number of benzene rings is 1. The summed E-state index contributed by atoms with van der Waals surface area (Å²) < 4.78 is 17.6. The third-order valence-electron chi connectivity index (χ3n) is 5.08. The third-order valence-corrected chi connectivity index (χ3v) is 5.08. The van der Waals surface area contributed by atoms with Gasteiger partial charge in [0.1, 0.15) is 35.0 Å². The van der Waals surface area contributed by atoms with E-state index < -0.39 is 5.60 Å². The van der Waals surface area contributed by atoms with Crippen molar-refractivity contribution in [1.82, 2.24) is 29.5 Å². The highest BCUT2D eigenvalue weighted by molar-refractivity contribution is 5.95. The minimum Gasteiger partial charge on any atom is -0.390 e. The van der Waals surface area contributed by atoms with Crippen molar-refractivity contribution in [2.75, 3.05) is 0 Å². The summed E-state index contributed by atoms with van der Waals surface area (Å²) >= 11 is 0. The van der Waals surface area contributed by atoms with E-state index in [0.717, 1.165) is 0 Å². The SMILES string of the molecule is Cn1nnc(-c2ccccc2F)c1-c1cn(-c2ccc(C(=O)CCC(C)(C)O)cn2)cn1. The van der Waals surface area contributed by atoms with Crippen LogP contribution in [0.5, 0.6) is 0 Å². The quantitative estimate of drug-likeness (QED) is 0.446. The lowest BCUT2D eigenvalue weighted by molar-refractivity contribution is 0.0633. The topological polar surface area (TPSA) is 98.7 Å². The van der Waals surface area contributed by atoms with Gasteiger partial charge in [-0.05, 0) is 44.5 Å². The summed E-state index contributed by atoms with van der Waals surface area (Å²) in [5, 5.41) is 18.0. The van der Waals surface area contributed by atoms with Gasteiger partial charge < -0.3 is 5.11 Å². The summed E-state index contributed by atoms with van der Waals surface area (Å²) in [4.78, 5) is 21.1. The van der Waals surface area contributed by atoms with Crippen LogP contribution < -0.4 is 0 Å². The largest absolute Gasteiger partial charge is 0.390 e. The second-order valence-electron chi connectivity index (χ2n) is 8.20. The Morgan fingerprint density at radius 1 is 1.16 bits per heavy atom. The van der Waals surface area contributed by atoms with Gasteiger partial charge in [-0.25, -0.2) is 19.0 Å². The number of imidazole rings is 1. The number of nitrogens with zero attached hydrogens (tertiary/aromatic N) is 6. The number of hydrogen-bond acceptors (Lipinski definition) is 6. The Bertz CT molecular complexity index is 1250. The highest BCUT2D eigenvalue weighted by atomic mass is 19.1. The molecular formula is C23H23FN6O2. The first-order valence-electron chi connectivity index (χ1n) is 10.1. The molecule has 4 rings (SSSR count). The van der Waals surface area contributed by atoms with Gasteiger partial charge in [0.2, 0.25) is 0 Å². The Morgan fingerprint density at radius 3 is 2.62 bits per heavy atom. The highest BCUT2D eigenvalue weighted by Crippen LogP contribution is 2.30. The van der Waals surface area contributed by atoms with Gasteiger partial charge in [-0.2, -0.15) is 0 Å². The normalized spacial score (nSPS) is 11.7. The Morgan fingerprint density at radius 2 is 1.94 bits per heavy atom. The minimum atomic E-state index is -0.890. The van der Waals surface area contributed by atoms with Crippen LogP contribution in [0.25, 0.3) is 28.5 Å². The van der Waals surface area contributed by atoms with Gasteiger partial charge in [0, 0.05) is 37.0 Å². The number of carbonyl (C=O) groups is 1. The Balaban J connectivity index is 1.59. The van der Waals surface area contributed by atoms with Crippen LogP contribution in [0.1, 0.15) is 37.0 Å². The van der Waals surface area contributed by atoms with Crippen molar-refractivity contribution in [2.24, 2.45) is 7.05 Å². The summed E-state index contributed by atoms with van der Waals surface area (Å²) in [5.74, 6) is 0.110. The zero-order valence-electron chi connectivity index (χ0n) is 18.0. The standard InChI is InChI=1S/C23H23FN6O2/c1-23(2,32)11-10-19(31)15-8-9-20(25-12-15)30-13-18(26-14-30)22-21(27-28-29(22)3)16-6-4-5-7-17(16)24/h4-9,12-14,32H,10-11H2,1-3H3. The average Bonchev–Trinajstić information content (AvgIpc) is 3.38. The molecule has 0 unspecified atom stereocenters. The fourth-order valence-electron chi connectivity index (χ4n) is 3.32. The number of carbonyl (C=O) groups excluding carboxylic acids is 1. The summed E-state index contributed by atoms with van der Waals surface area (Å²) in [6.45, 7) is 3.35. The number of aromatic nitrogens is 6. The smallest absolute Gasteiger partial charge is 0.164 e. The lowest BCUT2D eigenvalue weighted by Crippen LogP contribution is -2.20. The number of rotatable bonds is 7. The number of pyridine rings is 1. The predicted molar refractivity (Wildman–Crippen MR) is 117 cm³/mol. The van der Waals surface area contributed by atoms with E-state index in [1.807, 2.05) is 0 Å². The molecule has 0 aliphatic rings. The van der Waals surface area contributed by atoms with Gasteiger partial charge in [-0.3, -0.25) is 9.36 Å². The molecular weight excluding hydrogens is 411 g/mol. The molecule has 8 nitrogen and oxygen atoms in total. The van der Waals surface area contributed by atoms with E-state index >= 15 is 0 Å². The van der Waals surface area contributed by atoms with E-state index in [2.05, 4.69) is 20.3 Å². The number of halogens is 1. The first kappa shape index (κ1) is 21.5. The molecule has 0 aliphatic heterocycles. The number of ketones is 1. The third kappa shape index (κ3) is 4.47. The number of hydrogen-bond donors (Lipinski definition) is 1. The molecule has 3 aromatic heterocycles. The van der Waals surface area contributed by atoms with Crippen LogP contribution in [-0.4, -0.2) is 46.0 Å². The van der Waals surface area contributed by atoms with Crippen molar-refractivity contribution in [3.63, 3.8) is 0 Å². The van der Waals surface area contributed by atoms with Gasteiger partial charge >= 0.3 is 0 Å². The molecule has 0 saturated carbocycles. The van der Waals surface area contributed by atoms with Crippen molar-refractivity contribution < 1.29 is 14.3 Å². The van der Waals surface area contributed by atoms with Crippen molar-refractivity contribution in [3.8, 4) is 28.5 Å². The van der Waals surface area contributed by atoms with Crippen LogP contribution in [0.3, 0.4) is 0 Å². The van der Waals surface area contributed by atoms with Crippen molar-refractivity contribution in [3.05, 3.63) is 66.5 Å². The van der Waals surface area contributed by atoms with Gasteiger partial charge in [0.25, 0.3) is 0 Å². The van der Waals surface area contributed by atoms with Gasteiger partial charge in [-0.15, -0.1) is 5.10 Å². The highest BCUT2D eigenvalue weighted by Gasteiger charge is 2.20. The first-order chi connectivity index (χ1) is 15.2. The summed E-state index contributed by atoms with van der Waals surface area (Å²) in [6.07, 6.45) is 5.47. The zero-order chi connectivity index (χ0) is 22.9. The molecule has 0 radical (unpaired) electrons. The van der Waals surface area contributed by atoms with Crippen LogP contribution in [0.2, 0.25) is 0 Å². The molecule has 0 spiro atoms. The van der Waals surface area contributed by atoms with E-state index in [1.54, 1.807) is 73.0 Å². The summed E-state index contributed by atoms with van der Waals surface area (Å²) in [7, 11) is 1.72. The summed E-state index contributed by atoms with van der Waals surface area (Å²) in [5.41, 5.74) is 1.47. The van der Waals surface area contributed by atoms with Gasteiger partial charge in [0.15, 0.2) is 5.78 Å². The molecule has 0 amide bonds. The second kappa shape index (κ2) is 8.43. The zero-order valence-corrected chi connectivity index (χ0v) is 18.0. The van der Waals surface area contributed by atoms with E-state index in [9.17, 15) is 14.3 Å². The molecule has 1 aromatic carbocycles. The number of aryl methyl sites for hydroxylation is 1. The van der Waals surface area contributed by atoms with E-state index in [4.69, 9.17) is 0 Å². The molecule has 3 heterocycles. The maximum atomic E-state index is 14.3. The monoisotopic (exact) mass is 434 g/mol. The van der Waals surface area contributed by atoms with Gasteiger partial charge in [-0.1, -0.05) is 17.3 Å². The minimum absolute atomic E-state index is 0.0759. The van der Waals surface area contributed by atoms with Crippen LogP contribution in [0.15, 0.2) is 55.1 Å². The van der Waals surface area contributed by atoms with Crippen molar-refractivity contribution in [2.45, 2.75) is 32.3 Å². The summed E-state index contributed by atoms with van der Waals surface area (Å²) in [6, 6.07) is 9.81. The Labute approximate surface area is 184 Å². The van der Waals surface area contributed by atoms with E-state index in [-0.39, 0.29) is 18.0 Å². The maximum Gasteiger partial charge on any atom is 0.164 e. The fraction of sp³-hybridized carbons (Fsp3) is 0.261. The molecule has 164 valence electrons. The molecule has 0 fully saturated rings. The maximum absolute atomic E-state index is 14.3. The van der Waals surface area contributed by atoms with Crippen molar-refractivity contribution >= 4 is 5.78 Å². The number of Topliss-reactive ketones (excluding diaryl/α,β-unsaturated/α-hetero) is 1. The fourth-order valence-corrected chi connectivity index (χ4v) is 3.32. The molecule has 0 aliphatic carbocycles. The second-order valence-corrected chi connectivity index (χ2v) is 8.20. The molecule has 0 saturated heterocycles. The Kier molecular flexibility index (Phi) is 5.67. The first-order valence-corrected chi connectivity index (χ1v) is 10.1. The molecule has 4 aromatic rings. The lowest BCUT2D eigenvalue weighted by atomic mass is 9.99. The van der Waals surface area contributed by atoms with Crippen LogP contribution in [0, 0.1) is 5.82 Å². The Hall–Kier alpha value is -3.72. The van der Waals surface area contributed by atoms with Crippen LogP contribution in [-0.2, 0) is 7.05 Å². The molecule has 9 heteroatoms. The molecule has 0 bridgehead atoms. The van der Waals surface area contributed by atoms with Crippen LogP contribution >= 0.6 is 0 Å². The lowest BCUT2D eigenvalue weighted by Gasteiger charge is -2.15. The molecule has 32 heavy (non-hydrogen) atoms. The molecule has 0 atom stereocenters. The molecule has 1 N–H and O–H groups in total. The van der Waals surface area contributed by atoms with E-state index in [1.165, 1.54) is 12.3 Å². The number of aliphatic hydroxyl groups is 1. The van der Waals surface area contributed by atoms with E-state index in [0.29, 0.717) is 40.4 Å². The van der Waals surface area contributed by atoms with Gasteiger partial charge in [0.05, 0.1) is 5.60 Å². The van der Waals surface area contributed by atoms with Crippen LogP contribution in [0.4, 0.5) is 4.39 Å².